The monoisotopic (exact) mass is 380 g/mol. The number of nitrogens with one attached hydrogen (secondary N) is 1. The van der Waals surface area contributed by atoms with Crippen LogP contribution < -0.4 is 11.2 Å². The van der Waals surface area contributed by atoms with Gasteiger partial charge in [0.2, 0.25) is 11.8 Å². The molecule has 2 aliphatic heterocycles. The van der Waals surface area contributed by atoms with Gasteiger partial charge in [-0.3, -0.25) is 9.59 Å². The second-order valence-electron chi connectivity index (χ2n) is 7.51. The van der Waals surface area contributed by atoms with Crippen LogP contribution in [0.5, 0.6) is 0 Å². The van der Waals surface area contributed by atoms with E-state index in [1.54, 1.807) is 17.4 Å². The summed E-state index contributed by atoms with van der Waals surface area (Å²) in [6.45, 7) is 6.81. The van der Waals surface area contributed by atoms with E-state index in [-0.39, 0.29) is 11.9 Å². The van der Waals surface area contributed by atoms with E-state index in [2.05, 4.69) is 12.0 Å². The van der Waals surface area contributed by atoms with Crippen LogP contribution >= 0.6 is 0 Å². The quantitative estimate of drug-likeness (QED) is 0.792. The van der Waals surface area contributed by atoms with E-state index in [0.717, 1.165) is 35.9 Å². The normalized spacial score (nSPS) is 25.0. The minimum Gasteiger partial charge on any atom is -0.464 e. The maximum atomic E-state index is 12.2. The Balaban J connectivity index is 1.64. The van der Waals surface area contributed by atoms with E-state index in [0.29, 0.717) is 12.1 Å². The third-order valence-corrected chi connectivity index (χ3v) is 5.73. The lowest BCUT2D eigenvalue weighted by Gasteiger charge is -2.39. The first-order valence-corrected chi connectivity index (χ1v) is 9.39. The zero-order valence-corrected chi connectivity index (χ0v) is 15.9. The molecular formula is C21H24N4O3. The van der Waals surface area contributed by atoms with Crippen molar-refractivity contribution in [3.8, 4) is 0 Å². The number of amides is 2. The number of carbonyl (C=O) groups excluding carboxylic acids is 2. The van der Waals surface area contributed by atoms with Crippen molar-refractivity contribution >= 4 is 22.8 Å². The van der Waals surface area contributed by atoms with Crippen LogP contribution in [0.15, 0.2) is 59.4 Å². The maximum absolute atomic E-state index is 12.2. The molecule has 1 aromatic carbocycles. The van der Waals surface area contributed by atoms with Crippen LogP contribution in [0, 0.1) is 0 Å². The van der Waals surface area contributed by atoms with Gasteiger partial charge in [-0.1, -0.05) is 12.6 Å². The smallest absolute Gasteiger partial charge is 0.248 e. The fraction of sp³-hybridized carbons (Fsp3) is 0.333. The van der Waals surface area contributed by atoms with E-state index in [4.69, 9.17) is 10.2 Å². The van der Waals surface area contributed by atoms with Gasteiger partial charge in [-0.25, -0.2) is 5.43 Å². The molecule has 7 nitrogen and oxygen atoms in total. The van der Waals surface area contributed by atoms with Crippen LogP contribution in [-0.4, -0.2) is 40.9 Å². The van der Waals surface area contributed by atoms with Gasteiger partial charge in [0.25, 0.3) is 0 Å². The molecule has 3 heterocycles. The maximum Gasteiger partial charge on any atom is 0.248 e. The molecule has 0 bridgehead atoms. The zero-order chi connectivity index (χ0) is 19.9. The van der Waals surface area contributed by atoms with Crippen molar-refractivity contribution in [3.05, 3.63) is 60.5 Å². The van der Waals surface area contributed by atoms with Crippen molar-refractivity contribution in [2.75, 3.05) is 13.1 Å². The van der Waals surface area contributed by atoms with Gasteiger partial charge in [-0.2, -0.15) is 0 Å². The molecule has 4 rings (SSSR count). The summed E-state index contributed by atoms with van der Waals surface area (Å²) in [5, 5.41) is 2.89. The molecule has 0 spiro atoms. The lowest BCUT2D eigenvalue weighted by atomic mass is 9.85. The largest absolute Gasteiger partial charge is 0.464 e. The molecule has 3 N–H and O–H groups in total. The summed E-state index contributed by atoms with van der Waals surface area (Å²) >= 11 is 0. The molecule has 1 saturated heterocycles. The number of hydrogen-bond donors (Lipinski definition) is 2. The van der Waals surface area contributed by atoms with Crippen LogP contribution in [0.2, 0.25) is 0 Å². The SMILES string of the molecule is C=CC(=O)N1CCC[C@@H](N2C=C(C(N)=O)C(C)(c3ccc4occc4c3)N2)C1. The molecule has 1 unspecified atom stereocenters. The third-order valence-electron chi connectivity index (χ3n) is 5.73. The van der Waals surface area contributed by atoms with Gasteiger partial charge >= 0.3 is 0 Å². The first-order chi connectivity index (χ1) is 13.4. The highest BCUT2D eigenvalue weighted by Crippen LogP contribution is 2.37. The summed E-state index contributed by atoms with van der Waals surface area (Å²) in [7, 11) is 0. The number of fused-ring (bicyclic) bond motifs is 1. The number of likely N-dealkylation sites (tertiary alicyclic amines) is 1. The summed E-state index contributed by atoms with van der Waals surface area (Å²) < 4.78 is 5.42. The summed E-state index contributed by atoms with van der Waals surface area (Å²) in [6.07, 6.45) is 6.57. The number of nitrogens with two attached hydrogens (primary N) is 1. The molecule has 2 aliphatic rings. The van der Waals surface area contributed by atoms with E-state index >= 15 is 0 Å². The minimum atomic E-state index is -0.762. The Morgan fingerprint density at radius 2 is 2.21 bits per heavy atom. The molecule has 146 valence electrons. The molecule has 0 radical (unpaired) electrons. The predicted molar refractivity (Wildman–Crippen MR) is 106 cm³/mol. The first-order valence-electron chi connectivity index (χ1n) is 9.39. The average molecular weight is 380 g/mol. The molecule has 7 heteroatoms. The van der Waals surface area contributed by atoms with Gasteiger partial charge in [-0.05, 0) is 49.6 Å². The second-order valence-corrected chi connectivity index (χ2v) is 7.51. The van der Waals surface area contributed by atoms with Crippen LogP contribution in [0.4, 0.5) is 0 Å². The number of furan rings is 1. The molecule has 28 heavy (non-hydrogen) atoms. The third kappa shape index (κ3) is 2.97. The first kappa shape index (κ1) is 18.3. The van der Waals surface area contributed by atoms with Gasteiger partial charge in [-0.15, -0.1) is 0 Å². The Hall–Kier alpha value is -3.06. The lowest BCUT2D eigenvalue weighted by molar-refractivity contribution is -0.128. The average Bonchev–Trinajstić information content (AvgIpc) is 3.31. The van der Waals surface area contributed by atoms with Crippen LogP contribution in [0.3, 0.4) is 0 Å². The molecule has 1 fully saturated rings. The highest BCUT2D eigenvalue weighted by Gasteiger charge is 2.43. The summed E-state index contributed by atoms with van der Waals surface area (Å²) in [5.74, 6) is -0.546. The second kappa shape index (κ2) is 6.83. The molecule has 0 saturated carbocycles. The van der Waals surface area contributed by atoms with E-state index in [9.17, 15) is 9.59 Å². The van der Waals surface area contributed by atoms with E-state index in [1.807, 2.05) is 36.2 Å². The number of piperidine rings is 1. The van der Waals surface area contributed by atoms with Gasteiger partial charge < -0.3 is 20.1 Å². The fourth-order valence-corrected chi connectivity index (χ4v) is 4.13. The molecule has 2 aromatic rings. The fourth-order valence-electron chi connectivity index (χ4n) is 4.13. The van der Waals surface area contributed by atoms with Crippen molar-refractivity contribution in [1.29, 1.82) is 0 Å². The molecule has 0 aliphatic carbocycles. The molecule has 1 aromatic heterocycles. The highest BCUT2D eigenvalue weighted by atomic mass is 16.3. The number of benzene rings is 1. The van der Waals surface area contributed by atoms with Crippen molar-refractivity contribution in [1.82, 2.24) is 15.3 Å². The standard InChI is InChI=1S/C21H24N4O3/c1-3-19(26)24-9-4-5-16(12-24)25-13-17(20(22)27)21(2,23-25)15-6-7-18-14(11-15)8-10-28-18/h3,6-8,10-11,13,16,23H,1,4-5,9,12H2,2H3,(H2,22,27)/t16-,21?/m1/s1. The number of primary amides is 1. The lowest BCUT2D eigenvalue weighted by Crippen LogP contribution is -2.54. The summed E-state index contributed by atoms with van der Waals surface area (Å²) in [5.41, 5.74) is 10.6. The topological polar surface area (TPSA) is 91.8 Å². The zero-order valence-electron chi connectivity index (χ0n) is 15.9. The van der Waals surface area contributed by atoms with Crippen molar-refractivity contribution in [2.45, 2.75) is 31.3 Å². The van der Waals surface area contributed by atoms with Crippen molar-refractivity contribution in [3.63, 3.8) is 0 Å². The van der Waals surface area contributed by atoms with Crippen molar-refractivity contribution < 1.29 is 14.0 Å². The Labute approximate surface area is 163 Å². The van der Waals surface area contributed by atoms with Gasteiger partial charge in [0.1, 0.15) is 5.58 Å². The number of hydrazine groups is 1. The number of nitrogens with zero attached hydrogens (tertiary/aromatic N) is 2. The Bertz CT molecular complexity index is 979. The van der Waals surface area contributed by atoms with Crippen LogP contribution in [0.1, 0.15) is 25.3 Å². The van der Waals surface area contributed by atoms with E-state index < -0.39 is 11.4 Å². The summed E-state index contributed by atoms with van der Waals surface area (Å²) in [6, 6.07) is 7.77. The Morgan fingerprint density at radius 1 is 1.39 bits per heavy atom. The Kier molecular flexibility index (Phi) is 4.47. The molecule has 2 atom stereocenters. The number of hydrogen-bond acceptors (Lipinski definition) is 5. The Morgan fingerprint density at radius 3 is 2.96 bits per heavy atom. The summed E-state index contributed by atoms with van der Waals surface area (Å²) in [4.78, 5) is 26.0. The van der Waals surface area contributed by atoms with Crippen molar-refractivity contribution in [2.24, 2.45) is 5.73 Å². The van der Waals surface area contributed by atoms with Gasteiger partial charge in [0, 0.05) is 24.7 Å². The molecule has 2 amide bonds. The number of rotatable bonds is 4. The minimum absolute atomic E-state index is 0.0477. The van der Waals surface area contributed by atoms with Crippen LogP contribution in [-0.2, 0) is 15.1 Å². The van der Waals surface area contributed by atoms with Crippen LogP contribution in [0.25, 0.3) is 11.0 Å². The highest BCUT2D eigenvalue weighted by molar-refractivity contribution is 5.95. The van der Waals surface area contributed by atoms with E-state index in [1.165, 1.54) is 6.08 Å². The predicted octanol–water partition coefficient (Wildman–Crippen LogP) is 2.01. The number of carbonyl (C=O) groups is 2. The molecular weight excluding hydrogens is 356 g/mol. The van der Waals surface area contributed by atoms with Gasteiger partial charge in [0.15, 0.2) is 0 Å². The van der Waals surface area contributed by atoms with Gasteiger partial charge in [0.05, 0.1) is 23.4 Å².